The number of ether oxygens (including phenoxy) is 3. The minimum atomic E-state index is -0.898. The van der Waals surface area contributed by atoms with Crippen molar-refractivity contribution in [1.29, 1.82) is 0 Å². The first kappa shape index (κ1) is 52.0. The molecule has 0 spiro atoms. The molecule has 0 amide bonds. The molecule has 0 saturated carbocycles. The van der Waals surface area contributed by atoms with E-state index in [4.69, 9.17) is 14.2 Å². The predicted octanol–water partition coefficient (Wildman–Crippen LogP) is 11.3. The lowest BCUT2D eigenvalue weighted by atomic mass is 10.1. The Kier molecular flexibility index (Phi) is 35.2. The summed E-state index contributed by atoms with van der Waals surface area (Å²) in [5.41, 5.74) is 0. The molecule has 8 heteroatoms. The summed E-state index contributed by atoms with van der Waals surface area (Å²) in [4.78, 5) is 36.9. The van der Waals surface area contributed by atoms with Crippen molar-refractivity contribution in [3.8, 4) is 0 Å². The summed E-state index contributed by atoms with van der Waals surface area (Å²) in [7, 11) is 5.47. The topological polar surface area (TPSA) is 99.1 Å². The number of carboxylic acids is 1. The third kappa shape index (κ3) is 35.7. The third-order valence-electron chi connectivity index (χ3n) is 8.45. The zero-order valence-electron chi connectivity index (χ0n) is 35.5. The minimum absolute atomic E-state index is 0.00542. The number of hydrogen-bond donors (Lipinski definition) is 1. The Morgan fingerprint density at radius 1 is 0.554 bits per heavy atom. The molecule has 0 radical (unpaired) electrons. The zero-order chi connectivity index (χ0) is 41.4. The van der Waals surface area contributed by atoms with E-state index >= 15 is 0 Å². The summed E-state index contributed by atoms with van der Waals surface area (Å²) < 4.78 is 17.1. The van der Waals surface area contributed by atoms with Crippen molar-refractivity contribution in [1.82, 2.24) is 0 Å². The van der Waals surface area contributed by atoms with Crippen LogP contribution in [0.4, 0.5) is 0 Å². The Balaban J connectivity index is 4.57. The molecule has 0 saturated heterocycles. The van der Waals surface area contributed by atoms with Gasteiger partial charge in [-0.15, -0.1) is 0 Å². The molecule has 0 bridgehead atoms. The number of esters is 2. The second kappa shape index (κ2) is 37.9. The van der Waals surface area contributed by atoms with Crippen LogP contribution in [0.15, 0.2) is 109 Å². The number of hydrogen-bond acceptors (Lipinski definition) is 6. The third-order valence-corrected chi connectivity index (χ3v) is 8.45. The number of unbranched alkanes of at least 4 members (excludes halogenated alkanes) is 4. The van der Waals surface area contributed by atoms with Gasteiger partial charge in [0.15, 0.2) is 12.1 Å². The summed E-state index contributed by atoms with van der Waals surface area (Å²) >= 11 is 0. The van der Waals surface area contributed by atoms with Gasteiger partial charge < -0.3 is 23.8 Å². The van der Waals surface area contributed by atoms with E-state index in [0.29, 0.717) is 19.3 Å². The molecule has 0 aliphatic rings. The van der Waals surface area contributed by atoms with E-state index in [1.54, 1.807) is 6.08 Å². The maximum absolute atomic E-state index is 12.6. The number of carboxylic acid groups (broad SMARTS) is 1. The van der Waals surface area contributed by atoms with Crippen LogP contribution in [0.25, 0.3) is 0 Å². The van der Waals surface area contributed by atoms with Gasteiger partial charge in [0.1, 0.15) is 6.61 Å². The Morgan fingerprint density at radius 3 is 1.46 bits per heavy atom. The van der Waals surface area contributed by atoms with Gasteiger partial charge in [-0.05, 0) is 77.0 Å². The first-order valence-corrected chi connectivity index (χ1v) is 20.9. The highest BCUT2D eigenvalue weighted by molar-refractivity contribution is 5.72. The first-order valence-electron chi connectivity index (χ1n) is 20.9. The van der Waals surface area contributed by atoms with Gasteiger partial charge in [0.05, 0.1) is 40.8 Å². The van der Waals surface area contributed by atoms with Crippen LogP contribution in [-0.4, -0.2) is 80.6 Å². The lowest BCUT2D eigenvalue weighted by Crippen LogP contribution is -2.50. The minimum Gasteiger partial charge on any atom is -0.477 e. The molecule has 2 atom stereocenters. The van der Waals surface area contributed by atoms with Crippen LogP contribution in [0.3, 0.4) is 0 Å². The van der Waals surface area contributed by atoms with Gasteiger partial charge in [-0.2, -0.15) is 0 Å². The Hall–Kier alpha value is -4.01. The fraction of sp³-hybridized carbons (Fsp3) is 0.562. The van der Waals surface area contributed by atoms with Crippen LogP contribution in [-0.2, 0) is 28.6 Å². The van der Waals surface area contributed by atoms with Crippen molar-refractivity contribution in [2.45, 2.75) is 135 Å². The normalized spacial score (nSPS) is 14.1. The zero-order valence-corrected chi connectivity index (χ0v) is 35.5. The van der Waals surface area contributed by atoms with Gasteiger partial charge in [-0.1, -0.05) is 136 Å². The number of likely N-dealkylation sites (N-methyl/N-ethyl adjacent to an activating group) is 1. The average molecular weight is 779 g/mol. The maximum atomic E-state index is 12.6. The summed E-state index contributed by atoms with van der Waals surface area (Å²) in [5.74, 6) is -1.68. The van der Waals surface area contributed by atoms with Crippen molar-refractivity contribution in [2.75, 3.05) is 41.0 Å². The highest BCUT2D eigenvalue weighted by Gasteiger charge is 2.31. The number of nitrogens with zero attached hydrogens (tertiary/aromatic N) is 1. The van der Waals surface area contributed by atoms with Gasteiger partial charge >= 0.3 is 17.9 Å². The average Bonchev–Trinajstić information content (AvgIpc) is 3.15. The van der Waals surface area contributed by atoms with Gasteiger partial charge in [0.25, 0.3) is 0 Å². The molecule has 0 fully saturated rings. The quantitative estimate of drug-likeness (QED) is 0.0296. The summed E-state index contributed by atoms with van der Waals surface area (Å²) in [6.45, 7) is 4.34. The lowest BCUT2D eigenvalue weighted by molar-refractivity contribution is -0.887. The molecule has 1 N–H and O–H groups in total. The van der Waals surface area contributed by atoms with Gasteiger partial charge in [0, 0.05) is 12.8 Å². The van der Waals surface area contributed by atoms with E-state index in [1.807, 2.05) is 27.2 Å². The van der Waals surface area contributed by atoms with E-state index in [9.17, 15) is 19.5 Å². The molecule has 2 unspecified atom stereocenters. The molecule has 56 heavy (non-hydrogen) atoms. The van der Waals surface area contributed by atoms with Crippen molar-refractivity contribution >= 4 is 17.9 Å². The highest BCUT2D eigenvalue weighted by Crippen LogP contribution is 2.11. The SMILES string of the molecule is CC/C=C\C/C=C\C/C=C\C/C=C\C/C=C\CC(=O)OC(COCCC(C(=O)O)[N+](C)(C)C)COC(=O)CCCCCC/C=C\C/C=C\C/C=C\C/C=C\CC. The largest absolute Gasteiger partial charge is 0.477 e. The van der Waals surface area contributed by atoms with E-state index < -0.39 is 24.1 Å². The summed E-state index contributed by atoms with van der Waals surface area (Å²) in [5, 5.41) is 9.60. The van der Waals surface area contributed by atoms with Crippen molar-refractivity contribution in [2.24, 2.45) is 0 Å². The number of carbonyl (C=O) groups excluding carboxylic acids is 2. The van der Waals surface area contributed by atoms with Crippen LogP contribution >= 0.6 is 0 Å². The molecule has 0 aliphatic carbocycles. The van der Waals surface area contributed by atoms with Crippen LogP contribution < -0.4 is 0 Å². The number of aliphatic carboxylic acids is 1. The van der Waals surface area contributed by atoms with Crippen molar-refractivity contribution in [3.63, 3.8) is 0 Å². The predicted molar refractivity (Wildman–Crippen MR) is 233 cm³/mol. The Morgan fingerprint density at radius 2 is 1.00 bits per heavy atom. The van der Waals surface area contributed by atoms with E-state index in [1.165, 1.54) is 0 Å². The standard InChI is InChI=1S/C48H75NO7/c1-6-8-10-12-14-16-18-20-22-23-25-26-28-30-32-34-36-38-46(50)55-43-44(42-54-41-40-45(48(52)53)49(3,4)5)56-47(51)39-37-35-33-31-29-27-24-21-19-17-15-13-11-9-7-2/h8-11,14-17,20-22,24-26,29,31,35,37,44-45H,6-7,12-13,18-19,23,27-28,30,32-34,36,38-43H2,1-5H3/p+1/b10-8-,11-9-,16-14-,17-15-,22-20-,24-21-,26-25-,31-29-,37-35-. The molecular formula is C48H76NO7+. The van der Waals surface area contributed by atoms with Crippen LogP contribution in [0.1, 0.15) is 123 Å². The second-order valence-electron chi connectivity index (χ2n) is 14.5. The molecule has 8 nitrogen and oxygen atoms in total. The van der Waals surface area contributed by atoms with Crippen molar-refractivity contribution < 1.29 is 38.2 Å². The Bertz CT molecular complexity index is 1280. The fourth-order valence-corrected chi connectivity index (χ4v) is 5.27. The molecule has 0 aromatic heterocycles. The molecular weight excluding hydrogens is 703 g/mol. The van der Waals surface area contributed by atoms with Gasteiger partial charge in [-0.3, -0.25) is 9.59 Å². The van der Waals surface area contributed by atoms with Gasteiger partial charge in [0.2, 0.25) is 0 Å². The summed E-state index contributed by atoms with van der Waals surface area (Å²) in [6.07, 6.45) is 51.6. The molecule has 0 rings (SSSR count). The van der Waals surface area contributed by atoms with Gasteiger partial charge in [-0.25, -0.2) is 4.79 Å². The van der Waals surface area contributed by atoms with E-state index in [-0.39, 0.29) is 36.7 Å². The van der Waals surface area contributed by atoms with E-state index in [0.717, 1.165) is 83.5 Å². The first-order chi connectivity index (χ1) is 27.1. The lowest BCUT2D eigenvalue weighted by Gasteiger charge is -2.31. The van der Waals surface area contributed by atoms with Crippen LogP contribution in [0, 0.1) is 0 Å². The molecule has 314 valence electrons. The summed E-state index contributed by atoms with van der Waals surface area (Å²) in [6, 6.07) is -0.641. The van der Waals surface area contributed by atoms with Crippen molar-refractivity contribution in [3.05, 3.63) is 109 Å². The molecule has 0 heterocycles. The van der Waals surface area contributed by atoms with Crippen LogP contribution in [0.5, 0.6) is 0 Å². The highest BCUT2D eigenvalue weighted by atomic mass is 16.6. The number of allylic oxidation sites excluding steroid dienone is 17. The number of carbonyl (C=O) groups is 3. The molecule has 0 aromatic rings. The second-order valence-corrected chi connectivity index (χ2v) is 14.5. The fourth-order valence-electron chi connectivity index (χ4n) is 5.27. The van der Waals surface area contributed by atoms with E-state index in [2.05, 4.69) is 111 Å². The number of rotatable bonds is 35. The molecule has 0 aromatic carbocycles. The van der Waals surface area contributed by atoms with Crippen LogP contribution in [0.2, 0.25) is 0 Å². The smallest absolute Gasteiger partial charge is 0.362 e. The maximum Gasteiger partial charge on any atom is 0.362 e. The molecule has 0 aliphatic heterocycles. The number of quaternary nitrogens is 1. The monoisotopic (exact) mass is 779 g/mol. The Labute approximate surface area is 340 Å².